The van der Waals surface area contributed by atoms with Crippen LogP contribution < -0.4 is 14.8 Å². The summed E-state index contributed by atoms with van der Waals surface area (Å²) < 4.78 is 10.7. The molecular weight excluding hydrogens is 340 g/mol. The summed E-state index contributed by atoms with van der Waals surface area (Å²) in [5.74, 6) is 1.23. The number of hydrogen-bond donors (Lipinski definition) is 1. The Hall–Kier alpha value is -3.34. The monoisotopic (exact) mass is 362 g/mol. The van der Waals surface area contributed by atoms with Gasteiger partial charge in [-0.15, -0.1) is 0 Å². The number of methoxy groups -OCH3 is 1. The van der Waals surface area contributed by atoms with Crippen LogP contribution in [0.1, 0.15) is 17.2 Å². The first-order chi connectivity index (χ1) is 13.3. The van der Waals surface area contributed by atoms with Gasteiger partial charge < -0.3 is 14.8 Å². The van der Waals surface area contributed by atoms with Gasteiger partial charge in [-0.25, -0.2) is 0 Å². The van der Waals surface area contributed by atoms with Gasteiger partial charge in [-0.3, -0.25) is 9.78 Å². The van der Waals surface area contributed by atoms with Crippen molar-refractivity contribution in [2.45, 2.75) is 5.92 Å². The smallest absolute Gasteiger partial charge is 0.257 e. The highest BCUT2D eigenvalue weighted by Crippen LogP contribution is 2.24. The molecule has 0 bridgehead atoms. The molecule has 1 heterocycles. The molecule has 2 aromatic carbocycles. The van der Waals surface area contributed by atoms with Crippen LogP contribution in [0.25, 0.3) is 0 Å². The van der Waals surface area contributed by atoms with Crippen molar-refractivity contribution in [1.82, 2.24) is 10.3 Å². The predicted molar refractivity (Wildman–Crippen MR) is 104 cm³/mol. The largest absolute Gasteiger partial charge is 0.497 e. The molecule has 0 radical (unpaired) electrons. The van der Waals surface area contributed by atoms with E-state index in [4.69, 9.17) is 9.47 Å². The quantitative estimate of drug-likeness (QED) is 0.667. The van der Waals surface area contributed by atoms with Crippen LogP contribution >= 0.6 is 0 Å². The lowest BCUT2D eigenvalue weighted by Crippen LogP contribution is -2.33. The Morgan fingerprint density at radius 3 is 2.37 bits per heavy atom. The maximum atomic E-state index is 12.2. The number of benzene rings is 2. The fourth-order valence-electron chi connectivity index (χ4n) is 2.74. The van der Waals surface area contributed by atoms with Crippen LogP contribution in [0.5, 0.6) is 11.5 Å². The van der Waals surface area contributed by atoms with Crippen LogP contribution in [0.3, 0.4) is 0 Å². The second-order valence-electron chi connectivity index (χ2n) is 5.99. The summed E-state index contributed by atoms with van der Waals surface area (Å²) in [4.78, 5) is 16.7. The Bertz CT molecular complexity index is 836. The minimum Gasteiger partial charge on any atom is -0.497 e. The number of rotatable bonds is 8. The van der Waals surface area contributed by atoms with Gasteiger partial charge in [0.1, 0.15) is 11.5 Å². The molecule has 0 spiro atoms. The van der Waals surface area contributed by atoms with Gasteiger partial charge in [0.2, 0.25) is 0 Å². The fraction of sp³-hybridized carbons (Fsp3) is 0.182. The average molecular weight is 362 g/mol. The lowest BCUT2D eigenvalue weighted by Gasteiger charge is -2.18. The molecule has 0 saturated heterocycles. The molecule has 0 fully saturated rings. The minimum atomic E-state index is -0.173. The van der Waals surface area contributed by atoms with Crippen LogP contribution in [0, 0.1) is 0 Å². The topological polar surface area (TPSA) is 60.5 Å². The number of amides is 1. The summed E-state index contributed by atoms with van der Waals surface area (Å²) >= 11 is 0. The molecule has 1 unspecified atom stereocenters. The number of nitrogens with one attached hydrogen (secondary N) is 1. The average Bonchev–Trinajstić information content (AvgIpc) is 2.74. The second-order valence-corrected chi connectivity index (χ2v) is 5.99. The summed E-state index contributed by atoms with van der Waals surface area (Å²) in [6, 6.07) is 22.9. The molecule has 5 nitrogen and oxygen atoms in total. The number of ether oxygens (including phenoxy) is 2. The number of para-hydroxylation sites is 1. The van der Waals surface area contributed by atoms with E-state index in [2.05, 4.69) is 10.3 Å². The molecule has 0 aliphatic carbocycles. The third-order valence-electron chi connectivity index (χ3n) is 4.18. The van der Waals surface area contributed by atoms with Gasteiger partial charge >= 0.3 is 0 Å². The van der Waals surface area contributed by atoms with Gasteiger partial charge in [0.25, 0.3) is 5.91 Å². The van der Waals surface area contributed by atoms with Crippen LogP contribution in [0.15, 0.2) is 79.0 Å². The van der Waals surface area contributed by atoms with Crippen LogP contribution in [-0.2, 0) is 4.79 Å². The van der Waals surface area contributed by atoms with Crippen molar-refractivity contribution in [3.63, 3.8) is 0 Å². The molecule has 0 aliphatic heterocycles. The standard InChI is InChI=1S/C22H22N2O3/c1-26-18-12-10-17(11-13-18)20(21-9-5-6-14-23-21)15-24-22(25)16-27-19-7-3-2-4-8-19/h2-14,20H,15-16H2,1H3,(H,24,25). The number of carbonyl (C=O) groups excluding carboxylic acids is 1. The summed E-state index contributed by atoms with van der Waals surface area (Å²) in [5, 5.41) is 2.94. The molecule has 1 N–H and O–H groups in total. The second kappa shape index (κ2) is 9.38. The maximum Gasteiger partial charge on any atom is 0.257 e. The Morgan fingerprint density at radius 1 is 0.963 bits per heavy atom. The zero-order valence-electron chi connectivity index (χ0n) is 15.2. The Labute approximate surface area is 159 Å². The highest BCUT2D eigenvalue weighted by molar-refractivity contribution is 5.77. The van der Waals surface area contributed by atoms with E-state index in [1.165, 1.54) is 0 Å². The van der Waals surface area contributed by atoms with Crippen molar-refractivity contribution in [2.24, 2.45) is 0 Å². The molecule has 5 heteroatoms. The lowest BCUT2D eigenvalue weighted by molar-refractivity contribution is -0.123. The Balaban J connectivity index is 1.65. The summed E-state index contributed by atoms with van der Waals surface area (Å²) in [6.07, 6.45) is 1.76. The highest BCUT2D eigenvalue weighted by atomic mass is 16.5. The fourth-order valence-corrected chi connectivity index (χ4v) is 2.74. The minimum absolute atomic E-state index is 0.0262. The van der Waals surface area contributed by atoms with Crippen LogP contribution in [-0.4, -0.2) is 31.2 Å². The molecule has 1 aromatic heterocycles. The number of hydrogen-bond acceptors (Lipinski definition) is 4. The van der Waals surface area contributed by atoms with Gasteiger partial charge in [-0.05, 0) is 42.0 Å². The summed E-state index contributed by atoms with van der Waals surface area (Å²) in [7, 11) is 1.64. The van der Waals surface area contributed by atoms with E-state index in [-0.39, 0.29) is 18.4 Å². The molecule has 1 atom stereocenters. The van der Waals surface area contributed by atoms with E-state index in [9.17, 15) is 4.79 Å². The first-order valence-corrected chi connectivity index (χ1v) is 8.75. The van der Waals surface area contributed by atoms with E-state index in [1.807, 2.05) is 72.8 Å². The molecular formula is C22H22N2O3. The first-order valence-electron chi connectivity index (χ1n) is 8.75. The Morgan fingerprint density at radius 2 is 1.70 bits per heavy atom. The number of nitrogens with zero attached hydrogens (tertiary/aromatic N) is 1. The maximum absolute atomic E-state index is 12.2. The predicted octanol–water partition coefficient (Wildman–Crippen LogP) is 3.42. The zero-order valence-corrected chi connectivity index (χ0v) is 15.2. The van der Waals surface area contributed by atoms with Crippen molar-refractivity contribution in [2.75, 3.05) is 20.3 Å². The first kappa shape index (κ1) is 18.5. The van der Waals surface area contributed by atoms with E-state index in [1.54, 1.807) is 13.3 Å². The summed E-state index contributed by atoms with van der Waals surface area (Å²) in [5.41, 5.74) is 1.95. The van der Waals surface area contributed by atoms with Gasteiger partial charge in [-0.2, -0.15) is 0 Å². The molecule has 3 rings (SSSR count). The molecule has 0 saturated carbocycles. The van der Waals surface area contributed by atoms with E-state index < -0.39 is 0 Å². The van der Waals surface area contributed by atoms with Crippen molar-refractivity contribution in [3.8, 4) is 11.5 Å². The van der Waals surface area contributed by atoms with Gasteiger partial charge in [0.05, 0.1) is 7.11 Å². The third-order valence-corrected chi connectivity index (χ3v) is 4.18. The summed E-state index contributed by atoms with van der Waals surface area (Å²) in [6.45, 7) is 0.405. The van der Waals surface area contributed by atoms with Crippen LogP contribution in [0.2, 0.25) is 0 Å². The zero-order chi connectivity index (χ0) is 18.9. The molecule has 1 amide bonds. The lowest BCUT2D eigenvalue weighted by atomic mass is 9.95. The van der Waals surface area contributed by atoms with Crippen molar-refractivity contribution < 1.29 is 14.3 Å². The SMILES string of the molecule is COc1ccc(C(CNC(=O)COc2ccccc2)c2ccccn2)cc1. The number of aromatic nitrogens is 1. The molecule has 3 aromatic rings. The molecule has 0 aliphatic rings. The highest BCUT2D eigenvalue weighted by Gasteiger charge is 2.17. The van der Waals surface area contributed by atoms with Crippen molar-refractivity contribution >= 4 is 5.91 Å². The van der Waals surface area contributed by atoms with Gasteiger partial charge in [-0.1, -0.05) is 36.4 Å². The molecule has 138 valence electrons. The van der Waals surface area contributed by atoms with Crippen LogP contribution in [0.4, 0.5) is 0 Å². The van der Waals surface area contributed by atoms with E-state index in [0.29, 0.717) is 12.3 Å². The molecule has 27 heavy (non-hydrogen) atoms. The number of pyridine rings is 1. The Kier molecular flexibility index (Phi) is 6.41. The van der Waals surface area contributed by atoms with E-state index in [0.717, 1.165) is 17.0 Å². The van der Waals surface area contributed by atoms with Crippen molar-refractivity contribution in [1.29, 1.82) is 0 Å². The normalized spacial score (nSPS) is 11.4. The third kappa shape index (κ3) is 5.31. The van der Waals surface area contributed by atoms with Gasteiger partial charge in [0.15, 0.2) is 6.61 Å². The van der Waals surface area contributed by atoms with Crippen molar-refractivity contribution in [3.05, 3.63) is 90.3 Å². The number of carbonyl (C=O) groups is 1. The van der Waals surface area contributed by atoms with E-state index >= 15 is 0 Å². The van der Waals surface area contributed by atoms with Gasteiger partial charge in [0, 0.05) is 24.4 Å².